The molecule has 1 fully saturated rings. The second-order valence-electron chi connectivity index (χ2n) is 7.61. The molecule has 2 aliphatic rings. The molecule has 0 saturated carbocycles. The monoisotopic (exact) mass is 415 g/mol. The third-order valence-corrected chi connectivity index (χ3v) is 5.67. The predicted octanol–water partition coefficient (Wildman–Crippen LogP) is 0.398. The Morgan fingerprint density at radius 2 is 2.00 bits per heavy atom. The first-order valence-electron chi connectivity index (χ1n) is 10.6. The number of carbonyl (C=O) groups excluding carboxylic acids is 1. The van der Waals surface area contributed by atoms with E-state index < -0.39 is 0 Å². The molecule has 2 aliphatic heterocycles. The molecule has 0 radical (unpaired) electrons. The van der Waals surface area contributed by atoms with E-state index in [1.54, 1.807) is 33.3 Å². The predicted molar refractivity (Wildman–Crippen MR) is 112 cm³/mol. The van der Waals surface area contributed by atoms with Crippen molar-refractivity contribution in [2.24, 2.45) is 4.99 Å². The Hall–Kier alpha value is -3.04. The van der Waals surface area contributed by atoms with Crippen LogP contribution in [0, 0.1) is 0 Å². The number of hydrogen-bond donors (Lipinski definition) is 1. The van der Waals surface area contributed by atoms with E-state index in [1.807, 2.05) is 0 Å². The minimum Gasteiger partial charge on any atom is -0.459 e. The minimum absolute atomic E-state index is 0.00595. The number of aliphatic imine (C=N–C) groups is 1. The molecular formula is C20H29N7O3. The van der Waals surface area contributed by atoms with Crippen LogP contribution in [0.2, 0.25) is 0 Å². The van der Waals surface area contributed by atoms with E-state index in [-0.39, 0.29) is 11.6 Å². The molecule has 0 aromatic carbocycles. The van der Waals surface area contributed by atoms with Crippen LogP contribution in [-0.2, 0) is 19.5 Å². The first kappa shape index (κ1) is 20.2. The molecule has 2 aromatic rings. The van der Waals surface area contributed by atoms with E-state index >= 15 is 0 Å². The summed E-state index contributed by atoms with van der Waals surface area (Å²) in [6.07, 6.45) is 5.35. The van der Waals surface area contributed by atoms with Gasteiger partial charge in [-0.15, -0.1) is 0 Å². The van der Waals surface area contributed by atoms with E-state index in [1.165, 1.54) is 6.26 Å². The molecule has 10 heteroatoms. The van der Waals surface area contributed by atoms with Crippen molar-refractivity contribution in [1.29, 1.82) is 0 Å². The van der Waals surface area contributed by atoms with Crippen LogP contribution in [0.3, 0.4) is 0 Å². The van der Waals surface area contributed by atoms with Gasteiger partial charge in [0.2, 0.25) is 0 Å². The lowest BCUT2D eigenvalue weighted by Crippen LogP contribution is -2.53. The maximum atomic E-state index is 12.4. The molecule has 162 valence electrons. The summed E-state index contributed by atoms with van der Waals surface area (Å²) in [6, 6.07) is 3.42. The summed E-state index contributed by atoms with van der Waals surface area (Å²) in [7, 11) is 1.76. The largest absolute Gasteiger partial charge is 0.459 e. The van der Waals surface area contributed by atoms with Crippen LogP contribution in [0.1, 0.15) is 35.6 Å². The van der Waals surface area contributed by atoms with Crippen molar-refractivity contribution < 1.29 is 9.21 Å². The Balaban J connectivity index is 1.23. The van der Waals surface area contributed by atoms with E-state index in [0.717, 1.165) is 44.0 Å². The summed E-state index contributed by atoms with van der Waals surface area (Å²) < 4.78 is 8.60. The Labute approximate surface area is 175 Å². The highest BCUT2D eigenvalue weighted by molar-refractivity contribution is 5.91. The highest BCUT2D eigenvalue weighted by Gasteiger charge is 2.25. The Kier molecular flexibility index (Phi) is 6.20. The number of aryl methyl sites for hydroxylation is 2. The fourth-order valence-electron chi connectivity index (χ4n) is 4.03. The van der Waals surface area contributed by atoms with Gasteiger partial charge in [0.15, 0.2) is 11.7 Å². The van der Waals surface area contributed by atoms with Crippen molar-refractivity contribution in [2.45, 2.75) is 38.8 Å². The molecule has 1 amide bonds. The Morgan fingerprint density at radius 1 is 1.20 bits per heavy atom. The second-order valence-corrected chi connectivity index (χ2v) is 7.61. The van der Waals surface area contributed by atoms with Crippen molar-refractivity contribution in [3.05, 3.63) is 40.5 Å². The standard InChI is InChI=1S/C20H29N7O3/c1-21-19(25-13-11-24(12-14-25)18(28)16-6-4-15-30-16)22-8-5-10-27-20(29)26-9-3-2-7-17(26)23-27/h4,6,15H,2-3,5,7-14H2,1H3,(H,21,22). The zero-order valence-corrected chi connectivity index (χ0v) is 17.4. The molecule has 0 atom stereocenters. The number of carbonyl (C=O) groups is 1. The molecule has 1 N–H and O–H groups in total. The molecule has 0 aliphatic carbocycles. The average Bonchev–Trinajstić information content (AvgIpc) is 3.43. The van der Waals surface area contributed by atoms with Crippen LogP contribution in [0.4, 0.5) is 0 Å². The molecule has 0 spiro atoms. The van der Waals surface area contributed by atoms with Crippen LogP contribution in [0.15, 0.2) is 32.6 Å². The summed E-state index contributed by atoms with van der Waals surface area (Å²) in [4.78, 5) is 33.1. The quantitative estimate of drug-likeness (QED) is 0.431. The average molecular weight is 415 g/mol. The number of piperazine rings is 1. The van der Waals surface area contributed by atoms with E-state index in [0.29, 0.717) is 45.0 Å². The van der Waals surface area contributed by atoms with Crippen LogP contribution >= 0.6 is 0 Å². The highest BCUT2D eigenvalue weighted by Crippen LogP contribution is 2.10. The van der Waals surface area contributed by atoms with Gasteiger partial charge in [-0.2, -0.15) is 5.10 Å². The first-order valence-corrected chi connectivity index (χ1v) is 10.6. The van der Waals surface area contributed by atoms with Crippen molar-refractivity contribution >= 4 is 11.9 Å². The van der Waals surface area contributed by atoms with Crippen LogP contribution in [-0.4, -0.2) is 75.8 Å². The molecule has 30 heavy (non-hydrogen) atoms. The second kappa shape index (κ2) is 9.19. The van der Waals surface area contributed by atoms with Crippen LogP contribution in [0.25, 0.3) is 0 Å². The van der Waals surface area contributed by atoms with Crippen molar-refractivity contribution in [3.8, 4) is 0 Å². The van der Waals surface area contributed by atoms with Crippen molar-refractivity contribution in [2.75, 3.05) is 39.8 Å². The van der Waals surface area contributed by atoms with Gasteiger partial charge in [-0.05, 0) is 31.4 Å². The van der Waals surface area contributed by atoms with Gasteiger partial charge in [0, 0.05) is 59.3 Å². The van der Waals surface area contributed by atoms with Gasteiger partial charge in [-0.25, -0.2) is 9.48 Å². The van der Waals surface area contributed by atoms with Crippen molar-refractivity contribution in [3.63, 3.8) is 0 Å². The van der Waals surface area contributed by atoms with Gasteiger partial charge in [0.1, 0.15) is 5.82 Å². The zero-order chi connectivity index (χ0) is 20.9. The number of fused-ring (bicyclic) bond motifs is 1. The van der Waals surface area contributed by atoms with Gasteiger partial charge < -0.3 is 19.5 Å². The molecule has 0 bridgehead atoms. The van der Waals surface area contributed by atoms with Crippen LogP contribution in [0.5, 0.6) is 0 Å². The minimum atomic E-state index is -0.0733. The number of rotatable bonds is 5. The normalized spacial score (nSPS) is 17.2. The van der Waals surface area contributed by atoms with Crippen molar-refractivity contribution in [1.82, 2.24) is 29.5 Å². The molecule has 2 aromatic heterocycles. The molecule has 1 saturated heterocycles. The van der Waals surface area contributed by atoms with Gasteiger partial charge in [0.25, 0.3) is 5.91 Å². The third-order valence-electron chi connectivity index (χ3n) is 5.67. The number of guanidine groups is 1. The maximum absolute atomic E-state index is 12.4. The molecular weight excluding hydrogens is 386 g/mol. The Bertz CT molecular complexity index is 936. The number of nitrogens with zero attached hydrogens (tertiary/aromatic N) is 6. The topological polar surface area (TPSA) is 101 Å². The van der Waals surface area contributed by atoms with E-state index in [2.05, 4.69) is 20.3 Å². The summed E-state index contributed by atoms with van der Waals surface area (Å²) in [5, 5.41) is 7.84. The van der Waals surface area contributed by atoms with E-state index in [9.17, 15) is 9.59 Å². The van der Waals surface area contributed by atoms with Gasteiger partial charge in [-0.3, -0.25) is 14.4 Å². The summed E-state index contributed by atoms with van der Waals surface area (Å²) in [5.41, 5.74) is 0.00595. The zero-order valence-electron chi connectivity index (χ0n) is 17.4. The fraction of sp³-hybridized carbons (Fsp3) is 0.600. The molecule has 0 unspecified atom stereocenters. The lowest BCUT2D eigenvalue weighted by Gasteiger charge is -2.36. The third kappa shape index (κ3) is 4.27. The van der Waals surface area contributed by atoms with Gasteiger partial charge in [-0.1, -0.05) is 0 Å². The number of hydrogen-bond acceptors (Lipinski definition) is 5. The fourth-order valence-corrected chi connectivity index (χ4v) is 4.03. The molecule has 4 heterocycles. The number of aromatic nitrogens is 3. The van der Waals surface area contributed by atoms with E-state index in [4.69, 9.17) is 4.42 Å². The highest BCUT2D eigenvalue weighted by atomic mass is 16.3. The van der Waals surface area contributed by atoms with Gasteiger partial charge in [0.05, 0.1) is 6.26 Å². The van der Waals surface area contributed by atoms with Gasteiger partial charge >= 0.3 is 5.69 Å². The molecule has 10 nitrogen and oxygen atoms in total. The number of nitrogens with one attached hydrogen (secondary N) is 1. The summed E-state index contributed by atoms with van der Waals surface area (Å²) >= 11 is 0. The lowest BCUT2D eigenvalue weighted by atomic mass is 10.2. The SMILES string of the molecule is CN=C(NCCCn1nc2n(c1=O)CCCC2)N1CCN(C(=O)c2ccco2)CC1. The van der Waals surface area contributed by atoms with Crippen LogP contribution < -0.4 is 11.0 Å². The number of amides is 1. The lowest BCUT2D eigenvalue weighted by molar-refractivity contribution is 0.0657. The first-order chi connectivity index (χ1) is 14.7. The molecule has 4 rings (SSSR count). The smallest absolute Gasteiger partial charge is 0.345 e. The maximum Gasteiger partial charge on any atom is 0.345 e. The number of furan rings is 1. The summed E-state index contributed by atoms with van der Waals surface area (Å²) in [6.45, 7) is 4.74. The summed E-state index contributed by atoms with van der Waals surface area (Å²) in [5.74, 6) is 2.03. The Morgan fingerprint density at radius 3 is 2.70 bits per heavy atom.